The lowest BCUT2D eigenvalue weighted by molar-refractivity contribution is -0.123. The van der Waals surface area contributed by atoms with Crippen molar-refractivity contribution in [2.75, 3.05) is 18.0 Å². The predicted molar refractivity (Wildman–Crippen MR) is 98.0 cm³/mol. The van der Waals surface area contributed by atoms with E-state index in [9.17, 15) is 13.2 Å². The summed E-state index contributed by atoms with van der Waals surface area (Å²) in [5.41, 5.74) is 2.01. The van der Waals surface area contributed by atoms with Gasteiger partial charge in [0.15, 0.2) is 0 Å². The molecule has 2 aromatic rings. The van der Waals surface area contributed by atoms with Crippen LogP contribution in [0.3, 0.4) is 0 Å². The Kier molecular flexibility index (Phi) is 4.92. The molecule has 0 saturated carbocycles. The van der Waals surface area contributed by atoms with Crippen LogP contribution in [-0.4, -0.2) is 37.8 Å². The summed E-state index contributed by atoms with van der Waals surface area (Å²) in [6, 6.07) is 15.4. The Labute approximate surface area is 148 Å². The van der Waals surface area contributed by atoms with Gasteiger partial charge in [0.2, 0.25) is 15.9 Å². The van der Waals surface area contributed by atoms with E-state index in [0.717, 1.165) is 12.1 Å². The van der Waals surface area contributed by atoms with Gasteiger partial charge in [0.25, 0.3) is 0 Å². The van der Waals surface area contributed by atoms with Crippen LogP contribution in [0.15, 0.2) is 59.5 Å². The number of benzene rings is 2. The molecule has 2 aromatic carbocycles. The lowest BCUT2D eigenvalue weighted by atomic mass is 10.1. The number of amides is 1. The third-order valence-corrected chi connectivity index (χ3v) is 6.59. The first-order valence-corrected chi connectivity index (χ1v) is 9.86. The molecule has 0 spiro atoms. The van der Waals surface area contributed by atoms with Gasteiger partial charge in [-0.3, -0.25) is 4.79 Å². The number of hydrogen-bond acceptors (Lipinski definition) is 3. The first-order valence-electron chi connectivity index (χ1n) is 8.42. The van der Waals surface area contributed by atoms with Crippen LogP contribution in [-0.2, 0) is 21.2 Å². The Balaban J connectivity index is 1.84. The number of carbonyl (C=O) groups is 1. The molecule has 0 unspecified atom stereocenters. The van der Waals surface area contributed by atoms with Crippen molar-refractivity contribution in [3.05, 3.63) is 60.2 Å². The van der Waals surface area contributed by atoms with Gasteiger partial charge >= 0.3 is 0 Å². The summed E-state index contributed by atoms with van der Waals surface area (Å²) in [4.78, 5) is 14.7. The molecule has 1 aliphatic rings. The summed E-state index contributed by atoms with van der Waals surface area (Å²) in [6.45, 7) is 4.35. The Hall–Kier alpha value is -2.18. The van der Waals surface area contributed by atoms with E-state index >= 15 is 0 Å². The van der Waals surface area contributed by atoms with E-state index in [1.165, 1.54) is 9.87 Å². The molecular weight excluding hydrogens is 336 g/mol. The van der Waals surface area contributed by atoms with E-state index in [1.807, 2.05) is 24.3 Å². The standard InChI is InChI=1S/C19H22N2O3S/c1-3-16-9-11-17(12-10-16)20-13-14-21(15(2)19(20)22)25(23,24)18-7-5-4-6-8-18/h4-12,15H,3,13-14H2,1-2H3/t15-/m0/s1. The molecule has 1 heterocycles. The fourth-order valence-corrected chi connectivity index (χ4v) is 4.68. The van der Waals surface area contributed by atoms with E-state index in [0.29, 0.717) is 6.54 Å². The molecule has 0 N–H and O–H groups in total. The number of hydrogen-bond donors (Lipinski definition) is 0. The minimum absolute atomic E-state index is 0.199. The fourth-order valence-electron chi connectivity index (χ4n) is 3.08. The van der Waals surface area contributed by atoms with Crippen molar-refractivity contribution in [2.24, 2.45) is 0 Å². The van der Waals surface area contributed by atoms with Crippen molar-refractivity contribution in [3.8, 4) is 0 Å². The van der Waals surface area contributed by atoms with Crippen molar-refractivity contribution in [2.45, 2.75) is 31.2 Å². The van der Waals surface area contributed by atoms with E-state index in [-0.39, 0.29) is 17.3 Å². The topological polar surface area (TPSA) is 57.7 Å². The average molecular weight is 358 g/mol. The van der Waals surface area contributed by atoms with E-state index < -0.39 is 16.1 Å². The zero-order valence-corrected chi connectivity index (χ0v) is 15.2. The van der Waals surface area contributed by atoms with Gasteiger partial charge in [-0.25, -0.2) is 8.42 Å². The maximum Gasteiger partial charge on any atom is 0.245 e. The van der Waals surface area contributed by atoms with Crippen molar-refractivity contribution in [1.29, 1.82) is 0 Å². The maximum atomic E-state index is 12.8. The molecule has 0 aliphatic carbocycles. The van der Waals surface area contributed by atoms with Crippen molar-refractivity contribution in [1.82, 2.24) is 4.31 Å². The normalized spacial score (nSPS) is 19.2. The van der Waals surface area contributed by atoms with Gasteiger partial charge < -0.3 is 4.90 Å². The molecule has 0 aromatic heterocycles. The van der Waals surface area contributed by atoms with Crippen molar-refractivity contribution in [3.63, 3.8) is 0 Å². The van der Waals surface area contributed by atoms with Crippen molar-refractivity contribution >= 4 is 21.6 Å². The molecule has 1 aliphatic heterocycles. The Morgan fingerprint density at radius 2 is 1.64 bits per heavy atom. The number of sulfonamides is 1. The van der Waals surface area contributed by atoms with Crippen LogP contribution in [0.4, 0.5) is 5.69 Å². The second kappa shape index (κ2) is 6.98. The molecule has 25 heavy (non-hydrogen) atoms. The summed E-state index contributed by atoms with van der Waals surface area (Å²) in [6.07, 6.45) is 0.938. The highest BCUT2D eigenvalue weighted by Crippen LogP contribution is 2.25. The smallest absolute Gasteiger partial charge is 0.245 e. The van der Waals surface area contributed by atoms with Gasteiger partial charge in [-0.15, -0.1) is 0 Å². The van der Waals surface area contributed by atoms with Gasteiger partial charge in [0.05, 0.1) is 4.90 Å². The highest BCUT2D eigenvalue weighted by atomic mass is 32.2. The second-order valence-electron chi connectivity index (χ2n) is 6.11. The molecule has 1 fully saturated rings. The van der Waals surface area contributed by atoms with E-state index in [2.05, 4.69) is 6.92 Å². The third-order valence-electron chi connectivity index (χ3n) is 4.61. The van der Waals surface area contributed by atoms with Crippen LogP contribution in [0.1, 0.15) is 19.4 Å². The molecule has 0 radical (unpaired) electrons. The lowest BCUT2D eigenvalue weighted by Gasteiger charge is -2.38. The monoisotopic (exact) mass is 358 g/mol. The third kappa shape index (κ3) is 3.32. The predicted octanol–water partition coefficient (Wildman–Crippen LogP) is 2.68. The lowest BCUT2D eigenvalue weighted by Crippen LogP contribution is -2.57. The van der Waals surface area contributed by atoms with Crippen LogP contribution in [0, 0.1) is 0 Å². The summed E-state index contributed by atoms with van der Waals surface area (Å²) in [7, 11) is -3.67. The van der Waals surface area contributed by atoms with Crippen molar-refractivity contribution < 1.29 is 13.2 Å². The van der Waals surface area contributed by atoms with Crippen LogP contribution in [0.25, 0.3) is 0 Å². The maximum absolute atomic E-state index is 12.8. The molecule has 0 bridgehead atoms. The minimum Gasteiger partial charge on any atom is -0.310 e. The van der Waals surface area contributed by atoms with Gasteiger partial charge in [-0.2, -0.15) is 4.31 Å². The van der Waals surface area contributed by atoms with Crippen LogP contribution in [0.5, 0.6) is 0 Å². The number of piperazine rings is 1. The molecule has 1 saturated heterocycles. The average Bonchev–Trinajstić information content (AvgIpc) is 2.64. The Bertz CT molecular complexity index is 848. The zero-order chi connectivity index (χ0) is 18.0. The molecular formula is C19H22N2O3S. The van der Waals surface area contributed by atoms with E-state index in [4.69, 9.17) is 0 Å². The number of rotatable bonds is 4. The van der Waals surface area contributed by atoms with Gasteiger partial charge in [0.1, 0.15) is 6.04 Å². The first kappa shape index (κ1) is 17.6. The number of carbonyl (C=O) groups excluding carboxylic acids is 1. The molecule has 132 valence electrons. The Morgan fingerprint density at radius 3 is 2.24 bits per heavy atom. The SMILES string of the molecule is CCc1ccc(N2CCN(S(=O)(=O)c3ccccc3)[C@@H](C)C2=O)cc1. The van der Waals surface area contributed by atoms with E-state index in [1.54, 1.807) is 42.2 Å². The zero-order valence-electron chi connectivity index (χ0n) is 14.4. The van der Waals surface area contributed by atoms with Crippen LogP contribution in [0.2, 0.25) is 0 Å². The van der Waals surface area contributed by atoms with Gasteiger partial charge in [-0.1, -0.05) is 37.3 Å². The summed E-state index contributed by atoms with van der Waals surface area (Å²) < 4.78 is 26.9. The van der Waals surface area contributed by atoms with Gasteiger partial charge in [0, 0.05) is 18.8 Å². The molecule has 3 rings (SSSR count). The van der Waals surface area contributed by atoms with Crippen LogP contribution < -0.4 is 4.90 Å². The quantitative estimate of drug-likeness (QED) is 0.844. The highest BCUT2D eigenvalue weighted by Gasteiger charge is 2.39. The Morgan fingerprint density at radius 1 is 1.00 bits per heavy atom. The van der Waals surface area contributed by atoms with Gasteiger partial charge in [-0.05, 0) is 43.2 Å². The number of nitrogens with zero attached hydrogens (tertiary/aromatic N) is 2. The highest BCUT2D eigenvalue weighted by molar-refractivity contribution is 7.89. The first-order chi connectivity index (χ1) is 11.9. The molecule has 1 amide bonds. The molecule has 6 heteroatoms. The summed E-state index contributed by atoms with van der Waals surface area (Å²) in [5.74, 6) is -0.199. The number of anilines is 1. The summed E-state index contributed by atoms with van der Waals surface area (Å²) >= 11 is 0. The minimum atomic E-state index is -3.67. The molecule has 5 nitrogen and oxygen atoms in total. The molecule has 1 atom stereocenters. The number of aryl methyl sites for hydroxylation is 1. The fraction of sp³-hybridized carbons (Fsp3) is 0.316. The largest absolute Gasteiger partial charge is 0.310 e. The van der Waals surface area contributed by atoms with Crippen LogP contribution >= 0.6 is 0 Å². The summed E-state index contributed by atoms with van der Waals surface area (Å²) in [5, 5.41) is 0. The second-order valence-corrected chi connectivity index (χ2v) is 8.01.